The lowest BCUT2D eigenvalue weighted by Crippen LogP contribution is -2.47. The number of nitrogens with zero attached hydrogens (tertiary/aromatic N) is 2. The molecular formula is C15H23N3O2. The summed E-state index contributed by atoms with van der Waals surface area (Å²) in [4.78, 5) is 12.8. The molecule has 5 nitrogen and oxygen atoms in total. The average Bonchev–Trinajstić information content (AvgIpc) is 2.47. The largest absolute Gasteiger partial charge is 0.327 e. The van der Waals surface area contributed by atoms with Crippen molar-refractivity contribution < 1.29 is 4.92 Å². The molecule has 110 valence electrons. The van der Waals surface area contributed by atoms with Crippen LogP contribution in [-0.2, 0) is 0 Å². The number of nitrogens with two attached hydrogens (primary N) is 1. The number of nitro groups is 1. The highest BCUT2D eigenvalue weighted by atomic mass is 16.6. The third-order valence-electron chi connectivity index (χ3n) is 4.48. The second-order valence-electron chi connectivity index (χ2n) is 5.64. The van der Waals surface area contributed by atoms with E-state index in [0.717, 1.165) is 31.5 Å². The SMILES string of the molecule is CCC1CN(C(C)c2ccc([N+](=O)[O-])cc2)CCC1N. The molecule has 1 aliphatic heterocycles. The molecule has 1 fully saturated rings. The maximum absolute atomic E-state index is 10.7. The summed E-state index contributed by atoms with van der Waals surface area (Å²) >= 11 is 0. The first-order valence-electron chi connectivity index (χ1n) is 7.27. The van der Waals surface area contributed by atoms with Gasteiger partial charge in [-0.2, -0.15) is 0 Å². The number of nitro benzene ring substituents is 1. The molecule has 3 atom stereocenters. The fourth-order valence-corrected chi connectivity index (χ4v) is 2.95. The van der Waals surface area contributed by atoms with E-state index < -0.39 is 0 Å². The molecule has 2 N–H and O–H groups in total. The summed E-state index contributed by atoms with van der Waals surface area (Å²) in [5.41, 5.74) is 7.41. The van der Waals surface area contributed by atoms with Crippen LogP contribution in [0, 0.1) is 16.0 Å². The van der Waals surface area contributed by atoms with Crippen molar-refractivity contribution in [3.63, 3.8) is 0 Å². The minimum atomic E-state index is -0.360. The van der Waals surface area contributed by atoms with Gasteiger partial charge in [0.15, 0.2) is 0 Å². The Kier molecular flexibility index (Phi) is 4.73. The van der Waals surface area contributed by atoms with Crippen molar-refractivity contribution in [3.05, 3.63) is 39.9 Å². The molecule has 0 saturated carbocycles. The third kappa shape index (κ3) is 3.16. The zero-order valence-electron chi connectivity index (χ0n) is 12.2. The average molecular weight is 277 g/mol. The highest BCUT2D eigenvalue weighted by Gasteiger charge is 2.28. The molecule has 0 radical (unpaired) electrons. The number of piperidine rings is 1. The predicted octanol–water partition coefficient (Wildman–Crippen LogP) is 2.71. The zero-order chi connectivity index (χ0) is 14.7. The molecule has 0 bridgehead atoms. The Hall–Kier alpha value is -1.46. The molecular weight excluding hydrogens is 254 g/mol. The second-order valence-corrected chi connectivity index (χ2v) is 5.64. The topological polar surface area (TPSA) is 72.4 Å². The normalized spacial score (nSPS) is 25.4. The van der Waals surface area contributed by atoms with E-state index in [9.17, 15) is 10.1 Å². The Balaban J connectivity index is 2.07. The van der Waals surface area contributed by atoms with Crippen molar-refractivity contribution in [2.75, 3.05) is 13.1 Å². The van der Waals surface area contributed by atoms with Gasteiger partial charge in [0.2, 0.25) is 0 Å². The van der Waals surface area contributed by atoms with Crippen LogP contribution < -0.4 is 5.73 Å². The highest BCUT2D eigenvalue weighted by molar-refractivity contribution is 5.34. The summed E-state index contributed by atoms with van der Waals surface area (Å²) in [6.45, 7) is 6.35. The van der Waals surface area contributed by atoms with Gasteiger partial charge >= 0.3 is 0 Å². The van der Waals surface area contributed by atoms with E-state index in [1.807, 2.05) is 12.1 Å². The van der Waals surface area contributed by atoms with Gasteiger partial charge in [-0.15, -0.1) is 0 Å². The number of benzene rings is 1. The van der Waals surface area contributed by atoms with Gasteiger partial charge in [-0.3, -0.25) is 15.0 Å². The number of likely N-dealkylation sites (tertiary alicyclic amines) is 1. The standard InChI is InChI=1S/C15H23N3O2/c1-3-12-10-17(9-8-15(12)16)11(2)13-4-6-14(7-5-13)18(19)20/h4-7,11-12,15H,3,8-10,16H2,1-2H3. The minimum absolute atomic E-state index is 0.146. The summed E-state index contributed by atoms with van der Waals surface area (Å²) in [6.07, 6.45) is 2.13. The maximum Gasteiger partial charge on any atom is 0.269 e. The van der Waals surface area contributed by atoms with Crippen LogP contribution in [-0.4, -0.2) is 29.0 Å². The van der Waals surface area contributed by atoms with Crippen molar-refractivity contribution in [2.24, 2.45) is 11.7 Å². The fraction of sp³-hybridized carbons (Fsp3) is 0.600. The van der Waals surface area contributed by atoms with Crippen LogP contribution in [0.15, 0.2) is 24.3 Å². The molecule has 1 aromatic carbocycles. The van der Waals surface area contributed by atoms with E-state index in [1.54, 1.807) is 12.1 Å². The third-order valence-corrected chi connectivity index (χ3v) is 4.48. The Morgan fingerprint density at radius 1 is 1.45 bits per heavy atom. The minimum Gasteiger partial charge on any atom is -0.327 e. The van der Waals surface area contributed by atoms with Gasteiger partial charge in [-0.1, -0.05) is 25.5 Å². The van der Waals surface area contributed by atoms with E-state index in [-0.39, 0.29) is 16.7 Å². The monoisotopic (exact) mass is 277 g/mol. The number of rotatable bonds is 4. The van der Waals surface area contributed by atoms with E-state index in [2.05, 4.69) is 18.7 Å². The van der Waals surface area contributed by atoms with E-state index in [4.69, 9.17) is 5.73 Å². The van der Waals surface area contributed by atoms with E-state index in [0.29, 0.717) is 12.0 Å². The van der Waals surface area contributed by atoms with Crippen LogP contribution >= 0.6 is 0 Å². The summed E-state index contributed by atoms with van der Waals surface area (Å²) in [6, 6.07) is 7.46. The molecule has 1 aliphatic rings. The lowest BCUT2D eigenvalue weighted by atomic mass is 9.89. The van der Waals surface area contributed by atoms with Crippen molar-refractivity contribution >= 4 is 5.69 Å². The van der Waals surface area contributed by atoms with Gasteiger partial charge < -0.3 is 5.73 Å². The summed E-state index contributed by atoms with van der Waals surface area (Å²) < 4.78 is 0. The molecule has 0 aromatic heterocycles. The molecule has 0 spiro atoms. The van der Waals surface area contributed by atoms with Crippen LogP contribution in [0.2, 0.25) is 0 Å². The van der Waals surface area contributed by atoms with Crippen LogP contribution in [0.1, 0.15) is 38.3 Å². The number of hydrogen-bond acceptors (Lipinski definition) is 4. The highest BCUT2D eigenvalue weighted by Crippen LogP contribution is 2.28. The Labute approximate surface area is 119 Å². The van der Waals surface area contributed by atoms with Gasteiger partial charge in [0, 0.05) is 37.3 Å². The molecule has 1 saturated heterocycles. The van der Waals surface area contributed by atoms with Gasteiger partial charge in [0.05, 0.1) is 4.92 Å². The predicted molar refractivity (Wildman–Crippen MR) is 79.5 cm³/mol. The smallest absolute Gasteiger partial charge is 0.269 e. The Morgan fingerprint density at radius 3 is 2.65 bits per heavy atom. The Morgan fingerprint density at radius 2 is 2.10 bits per heavy atom. The molecule has 1 aromatic rings. The van der Waals surface area contributed by atoms with Crippen LogP contribution in [0.3, 0.4) is 0 Å². The zero-order valence-corrected chi connectivity index (χ0v) is 12.2. The van der Waals surface area contributed by atoms with Crippen molar-refractivity contribution in [2.45, 2.75) is 38.8 Å². The second kappa shape index (κ2) is 6.33. The summed E-state index contributed by atoms with van der Waals surface area (Å²) in [7, 11) is 0. The van der Waals surface area contributed by atoms with Crippen LogP contribution in [0.4, 0.5) is 5.69 Å². The molecule has 3 unspecified atom stereocenters. The summed E-state index contributed by atoms with van der Waals surface area (Å²) in [5, 5.41) is 10.7. The summed E-state index contributed by atoms with van der Waals surface area (Å²) in [5.74, 6) is 0.546. The number of non-ortho nitro benzene ring substituents is 1. The van der Waals surface area contributed by atoms with Gasteiger partial charge in [0.1, 0.15) is 0 Å². The quantitative estimate of drug-likeness (QED) is 0.678. The van der Waals surface area contributed by atoms with Gasteiger partial charge in [-0.25, -0.2) is 0 Å². The van der Waals surface area contributed by atoms with E-state index in [1.165, 1.54) is 0 Å². The van der Waals surface area contributed by atoms with Crippen LogP contribution in [0.5, 0.6) is 0 Å². The Bertz CT molecular complexity index is 461. The first-order chi connectivity index (χ1) is 9.52. The molecule has 1 heterocycles. The van der Waals surface area contributed by atoms with Crippen molar-refractivity contribution in [1.29, 1.82) is 0 Å². The number of hydrogen-bond donors (Lipinski definition) is 1. The van der Waals surface area contributed by atoms with Crippen LogP contribution in [0.25, 0.3) is 0 Å². The molecule has 20 heavy (non-hydrogen) atoms. The maximum atomic E-state index is 10.7. The fourth-order valence-electron chi connectivity index (χ4n) is 2.95. The first-order valence-corrected chi connectivity index (χ1v) is 7.27. The molecule has 5 heteroatoms. The molecule has 2 rings (SSSR count). The van der Waals surface area contributed by atoms with Gasteiger partial charge in [-0.05, 0) is 24.8 Å². The lowest BCUT2D eigenvalue weighted by Gasteiger charge is -2.40. The van der Waals surface area contributed by atoms with Crippen molar-refractivity contribution in [3.8, 4) is 0 Å². The molecule has 0 aliphatic carbocycles. The molecule has 0 amide bonds. The van der Waals surface area contributed by atoms with E-state index >= 15 is 0 Å². The van der Waals surface area contributed by atoms with Crippen molar-refractivity contribution in [1.82, 2.24) is 4.90 Å². The first kappa shape index (κ1) is 14.9. The lowest BCUT2D eigenvalue weighted by molar-refractivity contribution is -0.384. The van der Waals surface area contributed by atoms with Gasteiger partial charge in [0.25, 0.3) is 5.69 Å².